The van der Waals surface area contributed by atoms with Gasteiger partial charge in [-0.15, -0.1) is 0 Å². The van der Waals surface area contributed by atoms with Gasteiger partial charge < -0.3 is 20.2 Å². The summed E-state index contributed by atoms with van der Waals surface area (Å²) in [6.45, 7) is 3.07. The van der Waals surface area contributed by atoms with E-state index < -0.39 is 0 Å². The molecule has 3 rings (SSSR count). The van der Waals surface area contributed by atoms with Gasteiger partial charge in [0.25, 0.3) is 0 Å². The molecule has 0 aliphatic carbocycles. The van der Waals surface area contributed by atoms with E-state index in [0.29, 0.717) is 19.0 Å². The van der Waals surface area contributed by atoms with Gasteiger partial charge in [0.2, 0.25) is 0 Å². The summed E-state index contributed by atoms with van der Waals surface area (Å²) in [4.78, 5) is 0. The SMILES string of the molecule is OC1CNCC1CNCc1ccc(-c2ccccc2)o1. The summed E-state index contributed by atoms with van der Waals surface area (Å²) >= 11 is 0. The summed E-state index contributed by atoms with van der Waals surface area (Å²) in [7, 11) is 0. The number of furan rings is 1. The molecule has 0 amide bonds. The van der Waals surface area contributed by atoms with Crippen molar-refractivity contribution in [2.24, 2.45) is 5.92 Å². The molecule has 0 bridgehead atoms. The Labute approximate surface area is 118 Å². The molecule has 1 aliphatic heterocycles. The Kier molecular flexibility index (Phi) is 4.16. The maximum Gasteiger partial charge on any atom is 0.134 e. The third-order valence-electron chi connectivity index (χ3n) is 3.73. The lowest BCUT2D eigenvalue weighted by atomic mass is 10.1. The zero-order chi connectivity index (χ0) is 13.8. The van der Waals surface area contributed by atoms with Crippen LogP contribution in [0.5, 0.6) is 0 Å². The minimum atomic E-state index is -0.237. The third-order valence-corrected chi connectivity index (χ3v) is 3.73. The van der Waals surface area contributed by atoms with Crippen LogP contribution in [0.2, 0.25) is 0 Å². The second kappa shape index (κ2) is 6.22. The van der Waals surface area contributed by atoms with Crippen LogP contribution in [0.4, 0.5) is 0 Å². The van der Waals surface area contributed by atoms with Crippen LogP contribution in [-0.4, -0.2) is 30.8 Å². The molecule has 0 spiro atoms. The van der Waals surface area contributed by atoms with Gasteiger partial charge in [-0.05, 0) is 12.1 Å². The van der Waals surface area contributed by atoms with E-state index in [2.05, 4.69) is 10.6 Å². The van der Waals surface area contributed by atoms with Crippen molar-refractivity contribution in [3.8, 4) is 11.3 Å². The molecule has 4 heteroatoms. The van der Waals surface area contributed by atoms with Crippen molar-refractivity contribution in [2.45, 2.75) is 12.6 Å². The average Bonchev–Trinajstić information content (AvgIpc) is 3.10. The molecule has 2 aromatic rings. The number of aliphatic hydroxyl groups is 1. The molecule has 3 N–H and O–H groups in total. The topological polar surface area (TPSA) is 57.4 Å². The summed E-state index contributed by atoms with van der Waals surface area (Å²) in [6.07, 6.45) is -0.237. The van der Waals surface area contributed by atoms with E-state index in [0.717, 1.165) is 30.2 Å². The van der Waals surface area contributed by atoms with Crippen LogP contribution in [0.3, 0.4) is 0 Å². The van der Waals surface area contributed by atoms with Crippen LogP contribution in [0.1, 0.15) is 5.76 Å². The minimum absolute atomic E-state index is 0.237. The molecular formula is C16H20N2O2. The summed E-state index contributed by atoms with van der Waals surface area (Å²) in [5, 5.41) is 16.2. The number of benzene rings is 1. The number of hydrogen-bond acceptors (Lipinski definition) is 4. The lowest BCUT2D eigenvalue weighted by molar-refractivity contribution is 0.146. The molecule has 1 saturated heterocycles. The van der Waals surface area contributed by atoms with Gasteiger partial charge in [0.15, 0.2) is 0 Å². The summed E-state index contributed by atoms with van der Waals surface area (Å²) in [6, 6.07) is 14.1. The Balaban J connectivity index is 1.53. The first-order valence-corrected chi connectivity index (χ1v) is 7.06. The highest BCUT2D eigenvalue weighted by molar-refractivity contribution is 5.57. The highest BCUT2D eigenvalue weighted by atomic mass is 16.3. The molecular weight excluding hydrogens is 252 g/mol. The fraction of sp³-hybridized carbons (Fsp3) is 0.375. The zero-order valence-electron chi connectivity index (χ0n) is 11.4. The van der Waals surface area contributed by atoms with E-state index in [9.17, 15) is 5.11 Å². The third kappa shape index (κ3) is 3.10. The quantitative estimate of drug-likeness (QED) is 0.774. The van der Waals surface area contributed by atoms with Crippen molar-refractivity contribution in [3.63, 3.8) is 0 Å². The van der Waals surface area contributed by atoms with Crippen molar-refractivity contribution < 1.29 is 9.52 Å². The van der Waals surface area contributed by atoms with Crippen molar-refractivity contribution in [1.29, 1.82) is 0 Å². The van der Waals surface area contributed by atoms with Gasteiger partial charge in [-0.1, -0.05) is 30.3 Å². The molecule has 2 unspecified atom stereocenters. The van der Waals surface area contributed by atoms with Crippen LogP contribution in [-0.2, 0) is 6.54 Å². The second-order valence-electron chi connectivity index (χ2n) is 5.25. The largest absolute Gasteiger partial charge is 0.460 e. The molecule has 106 valence electrons. The van der Waals surface area contributed by atoms with Crippen LogP contribution in [0.15, 0.2) is 46.9 Å². The van der Waals surface area contributed by atoms with Crippen LogP contribution in [0.25, 0.3) is 11.3 Å². The van der Waals surface area contributed by atoms with Crippen LogP contribution >= 0.6 is 0 Å². The first-order valence-electron chi connectivity index (χ1n) is 7.06. The number of nitrogens with one attached hydrogen (secondary N) is 2. The van der Waals surface area contributed by atoms with Crippen molar-refractivity contribution in [2.75, 3.05) is 19.6 Å². The van der Waals surface area contributed by atoms with E-state index in [1.807, 2.05) is 42.5 Å². The van der Waals surface area contributed by atoms with E-state index in [4.69, 9.17) is 4.42 Å². The van der Waals surface area contributed by atoms with E-state index in [1.54, 1.807) is 0 Å². The van der Waals surface area contributed by atoms with Crippen LogP contribution in [0, 0.1) is 5.92 Å². The Morgan fingerprint density at radius 1 is 1.15 bits per heavy atom. The summed E-state index contributed by atoms with van der Waals surface area (Å²) < 4.78 is 5.82. The van der Waals surface area contributed by atoms with Crippen molar-refractivity contribution in [1.82, 2.24) is 10.6 Å². The molecule has 1 aromatic heterocycles. The Hall–Kier alpha value is -1.62. The minimum Gasteiger partial charge on any atom is -0.460 e. The van der Waals surface area contributed by atoms with Gasteiger partial charge in [-0.25, -0.2) is 0 Å². The number of hydrogen-bond donors (Lipinski definition) is 3. The lowest BCUT2D eigenvalue weighted by Gasteiger charge is -2.13. The first kappa shape index (κ1) is 13.4. The Bertz CT molecular complexity index is 538. The van der Waals surface area contributed by atoms with Crippen LogP contribution < -0.4 is 10.6 Å². The van der Waals surface area contributed by atoms with E-state index in [-0.39, 0.29) is 6.10 Å². The highest BCUT2D eigenvalue weighted by Crippen LogP contribution is 2.21. The van der Waals surface area contributed by atoms with Gasteiger partial charge in [-0.2, -0.15) is 0 Å². The predicted octanol–water partition coefficient (Wildman–Crippen LogP) is 1.62. The molecule has 1 aromatic carbocycles. The second-order valence-corrected chi connectivity index (χ2v) is 5.25. The molecule has 2 heterocycles. The van der Waals surface area contributed by atoms with Crippen molar-refractivity contribution >= 4 is 0 Å². The normalized spacial score (nSPS) is 22.2. The first-order chi connectivity index (χ1) is 9.83. The van der Waals surface area contributed by atoms with Gasteiger partial charge >= 0.3 is 0 Å². The summed E-state index contributed by atoms with van der Waals surface area (Å²) in [5.74, 6) is 2.10. The predicted molar refractivity (Wildman–Crippen MR) is 78.2 cm³/mol. The molecule has 2 atom stereocenters. The van der Waals surface area contributed by atoms with Gasteiger partial charge in [0.05, 0.1) is 12.6 Å². The Morgan fingerprint density at radius 3 is 2.75 bits per heavy atom. The molecule has 1 aliphatic rings. The molecule has 0 radical (unpaired) electrons. The highest BCUT2D eigenvalue weighted by Gasteiger charge is 2.24. The van der Waals surface area contributed by atoms with Crippen molar-refractivity contribution in [3.05, 3.63) is 48.2 Å². The molecule has 4 nitrogen and oxygen atoms in total. The summed E-state index contributed by atoms with van der Waals surface area (Å²) in [5.41, 5.74) is 1.09. The molecule has 1 fully saturated rings. The van der Waals surface area contributed by atoms with Gasteiger partial charge in [0.1, 0.15) is 11.5 Å². The van der Waals surface area contributed by atoms with Gasteiger partial charge in [-0.3, -0.25) is 0 Å². The zero-order valence-corrected chi connectivity index (χ0v) is 11.4. The maximum atomic E-state index is 9.71. The van der Waals surface area contributed by atoms with E-state index in [1.165, 1.54) is 0 Å². The molecule has 20 heavy (non-hydrogen) atoms. The number of β-amino-alcohol motifs (C(OH)–C–C–N with tert-alkyl or cyclic N) is 1. The standard InChI is InChI=1S/C16H20N2O2/c19-15-11-18-9-13(15)8-17-10-14-6-7-16(20-14)12-4-2-1-3-5-12/h1-7,13,15,17-19H,8-11H2. The monoisotopic (exact) mass is 272 g/mol. The maximum absolute atomic E-state index is 9.71. The lowest BCUT2D eigenvalue weighted by Crippen LogP contribution is -2.30. The van der Waals surface area contributed by atoms with E-state index >= 15 is 0 Å². The fourth-order valence-corrected chi connectivity index (χ4v) is 2.54. The molecule has 0 saturated carbocycles. The smallest absolute Gasteiger partial charge is 0.134 e. The van der Waals surface area contributed by atoms with Gasteiger partial charge in [0, 0.05) is 31.1 Å². The number of rotatable bonds is 5. The number of aliphatic hydroxyl groups excluding tert-OH is 1. The Morgan fingerprint density at radius 2 is 2.00 bits per heavy atom. The average molecular weight is 272 g/mol. The fourth-order valence-electron chi connectivity index (χ4n) is 2.54.